The summed E-state index contributed by atoms with van der Waals surface area (Å²) < 4.78 is 67.7. The van der Waals surface area contributed by atoms with E-state index in [0.717, 1.165) is 12.3 Å². The number of ether oxygens (including phenoxy) is 2. The number of halogens is 4. The maximum atomic E-state index is 14.9. The molecular weight excluding hydrogens is 434 g/mol. The maximum Gasteiger partial charge on any atom is 0.275 e. The van der Waals surface area contributed by atoms with Gasteiger partial charge < -0.3 is 20.5 Å². The molecule has 0 radical (unpaired) electrons. The van der Waals surface area contributed by atoms with Gasteiger partial charge in [0.2, 0.25) is 5.88 Å². The minimum absolute atomic E-state index is 0.0401. The Balaban J connectivity index is 1.72. The van der Waals surface area contributed by atoms with E-state index < -0.39 is 53.6 Å². The van der Waals surface area contributed by atoms with Gasteiger partial charge in [-0.25, -0.2) is 27.5 Å². The molecule has 3 heterocycles. The molecule has 0 saturated carbocycles. The van der Waals surface area contributed by atoms with E-state index in [1.54, 1.807) is 0 Å². The number of carbonyl (C=O) groups excluding carboxylic acids is 1. The van der Waals surface area contributed by atoms with Crippen LogP contribution in [0.1, 0.15) is 22.5 Å². The van der Waals surface area contributed by atoms with Crippen molar-refractivity contribution in [1.82, 2.24) is 9.97 Å². The van der Waals surface area contributed by atoms with Crippen LogP contribution in [0.3, 0.4) is 0 Å². The molecule has 1 amide bonds. The molecule has 2 aliphatic rings. The highest BCUT2D eigenvalue weighted by atomic mass is 19.2. The molecule has 1 aromatic heterocycles. The van der Waals surface area contributed by atoms with Gasteiger partial charge in [0, 0.05) is 23.2 Å². The monoisotopic (exact) mass is 453 g/mol. The van der Waals surface area contributed by atoms with Gasteiger partial charge in [-0.15, -0.1) is 0 Å². The molecule has 1 saturated heterocycles. The second-order valence-electron chi connectivity index (χ2n) is 7.65. The molecule has 2 aliphatic heterocycles. The van der Waals surface area contributed by atoms with Crippen molar-refractivity contribution in [2.24, 2.45) is 16.6 Å². The van der Waals surface area contributed by atoms with Gasteiger partial charge in [-0.1, -0.05) is 0 Å². The first-order valence-electron chi connectivity index (χ1n) is 9.58. The summed E-state index contributed by atoms with van der Waals surface area (Å²) in [5.74, 6) is -4.50. The van der Waals surface area contributed by atoms with E-state index in [1.165, 1.54) is 19.4 Å². The molecule has 3 atom stereocenters. The number of hydrogen-bond donors (Lipinski definition) is 2. The van der Waals surface area contributed by atoms with Gasteiger partial charge in [0.05, 0.1) is 32.7 Å². The van der Waals surface area contributed by atoms with Crippen molar-refractivity contribution in [2.45, 2.75) is 17.6 Å². The average molecular weight is 453 g/mol. The van der Waals surface area contributed by atoms with Crippen LogP contribution < -0.4 is 15.8 Å². The number of hydrogen-bond acceptors (Lipinski definition) is 7. The van der Waals surface area contributed by atoms with Crippen LogP contribution in [0.2, 0.25) is 0 Å². The lowest BCUT2D eigenvalue weighted by molar-refractivity contribution is 0.102. The van der Waals surface area contributed by atoms with Crippen LogP contribution in [0.25, 0.3) is 0 Å². The van der Waals surface area contributed by atoms with Crippen LogP contribution in [-0.4, -0.2) is 54.4 Å². The van der Waals surface area contributed by atoms with Crippen molar-refractivity contribution in [1.29, 1.82) is 0 Å². The van der Waals surface area contributed by atoms with Crippen molar-refractivity contribution < 1.29 is 31.8 Å². The number of nitrogens with two attached hydrogens (primary N) is 1. The summed E-state index contributed by atoms with van der Waals surface area (Å²) in [7, 11) is 1.38. The largest absolute Gasteiger partial charge is 0.480 e. The number of anilines is 1. The zero-order valence-electron chi connectivity index (χ0n) is 16.9. The Kier molecular flexibility index (Phi) is 5.49. The lowest BCUT2D eigenvalue weighted by Crippen LogP contribution is -2.53. The molecule has 8 nitrogen and oxygen atoms in total. The number of fused-ring (bicyclic) bond motifs is 1. The van der Waals surface area contributed by atoms with E-state index in [1.807, 2.05) is 0 Å². The highest BCUT2D eigenvalue weighted by Crippen LogP contribution is 2.49. The summed E-state index contributed by atoms with van der Waals surface area (Å²) in [6, 6.07) is 1.96. The first-order chi connectivity index (χ1) is 15.2. The fourth-order valence-electron chi connectivity index (χ4n) is 3.97. The maximum absolute atomic E-state index is 14.9. The number of amidine groups is 1. The molecule has 0 unspecified atom stereocenters. The molecule has 32 heavy (non-hydrogen) atoms. The highest BCUT2D eigenvalue weighted by molar-refractivity contribution is 6.02. The van der Waals surface area contributed by atoms with E-state index in [-0.39, 0.29) is 36.0 Å². The summed E-state index contributed by atoms with van der Waals surface area (Å²) in [4.78, 5) is 24.3. The lowest BCUT2D eigenvalue weighted by atomic mass is 9.73. The summed E-state index contributed by atoms with van der Waals surface area (Å²) in [6.07, 6.45) is 1.97. The fraction of sp³-hybridized carbons (Fsp3) is 0.400. The Morgan fingerprint density at radius 2 is 2.12 bits per heavy atom. The topological polar surface area (TPSA) is 112 Å². The zero-order valence-corrected chi connectivity index (χ0v) is 16.9. The van der Waals surface area contributed by atoms with Crippen molar-refractivity contribution in [2.75, 3.05) is 32.3 Å². The van der Waals surface area contributed by atoms with Crippen LogP contribution in [0.4, 0.5) is 23.2 Å². The molecule has 12 heteroatoms. The minimum Gasteiger partial charge on any atom is -0.480 e. The smallest absolute Gasteiger partial charge is 0.275 e. The summed E-state index contributed by atoms with van der Waals surface area (Å²) >= 11 is 0. The van der Waals surface area contributed by atoms with Crippen molar-refractivity contribution >= 4 is 17.4 Å². The number of nitrogens with one attached hydrogen (secondary N) is 1. The van der Waals surface area contributed by atoms with E-state index in [0.29, 0.717) is 0 Å². The summed E-state index contributed by atoms with van der Waals surface area (Å²) in [5, 5.41) is 2.41. The second-order valence-corrected chi connectivity index (χ2v) is 7.65. The van der Waals surface area contributed by atoms with Crippen LogP contribution in [-0.2, 0) is 10.3 Å². The number of methoxy groups -OCH3 is 1. The van der Waals surface area contributed by atoms with Gasteiger partial charge in [-0.3, -0.25) is 9.79 Å². The van der Waals surface area contributed by atoms with Crippen molar-refractivity contribution in [3.63, 3.8) is 0 Å². The molecule has 0 bridgehead atoms. The van der Waals surface area contributed by atoms with Crippen molar-refractivity contribution in [3.05, 3.63) is 47.4 Å². The first kappa shape index (κ1) is 21.9. The molecule has 3 N–H and O–H groups in total. The van der Waals surface area contributed by atoms with Crippen LogP contribution in [0.5, 0.6) is 5.88 Å². The molecule has 1 aromatic carbocycles. The van der Waals surface area contributed by atoms with E-state index in [4.69, 9.17) is 15.2 Å². The zero-order chi connectivity index (χ0) is 23.1. The van der Waals surface area contributed by atoms with Crippen LogP contribution >= 0.6 is 0 Å². The molecular formula is C20H19F4N5O3. The number of alkyl halides is 2. The summed E-state index contributed by atoms with van der Waals surface area (Å²) in [5.41, 5.74) is 1.15. The Morgan fingerprint density at radius 3 is 2.78 bits per heavy atom. The van der Waals surface area contributed by atoms with E-state index in [2.05, 4.69) is 20.3 Å². The predicted octanol–water partition coefficient (Wildman–Crippen LogP) is 2.30. The number of aromatic nitrogens is 2. The number of carbonyl (C=O) groups is 1. The van der Waals surface area contributed by atoms with Gasteiger partial charge in [0.15, 0.2) is 17.3 Å². The van der Waals surface area contributed by atoms with E-state index >= 15 is 0 Å². The third kappa shape index (κ3) is 3.53. The fourth-order valence-corrected chi connectivity index (χ4v) is 3.97. The normalized spacial score (nSPS) is 26.9. The van der Waals surface area contributed by atoms with Gasteiger partial charge in [-0.05, 0) is 12.5 Å². The second kappa shape index (κ2) is 8.01. The highest BCUT2D eigenvalue weighted by Gasteiger charge is 2.56. The Morgan fingerprint density at radius 1 is 1.34 bits per heavy atom. The number of benzene rings is 1. The Bertz CT molecular complexity index is 1080. The Labute approximate surface area is 179 Å². The van der Waals surface area contributed by atoms with Crippen molar-refractivity contribution in [3.8, 4) is 5.88 Å². The number of nitrogens with zero attached hydrogens (tertiary/aromatic N) is 3. The molecule has 0 aliphatic carbocycles. The number of rotatable bonds is 5. The first-order valence-corrected chi connectivity index (χ1v) is 9.58. The molecule has 2 aromatic rings. The number of amides is 1. The third-order valence-electron chi connectivity index (χ3n) is 5.70. The standard InChI is InChI=1S/C20H19F4N5O3/c1-31-15-6-26-14(5-27-15)17(30)28-11-2-12(16(23)13(22)3-11)20-9-32-7-10(20)4-19(24,8-21)18(25)29-20/h2-3,5-6,10H,4,7-9H2,1H3,(H2,25,29)(H,28,30)/t10-,19+,20+/m1/s1. The van der Waals surface area contributed by atoms with Crippen LogP contribution in [0, 0.1) is 17.6 Å². The average Bonchev–Trinajstić information content (AvgIpc) is 3.19. The van der Waals surface area contributed by atoms with Gasteiger partial charge in [0.1, 0.15) is 23.7 Å². The van der Waals surface area contributed by atoms with Gasteiger partial charge in [0.25, 0.3) is 5.91 Å². The molecule has 4 rings (SSSR count). The minimum atomic E-state index is -2.50. The van der Waals surface area contributed by atoms with Gasteiger partial charge >= 0.3 is 0 Å². The van der Waals surface area contributed by atoms with Crippen LogP contribution in [0.15, 0.2) is 29.5 Å². The lowest BCUT2D eigenvalue weighted by Gasteiger charge is -2.40. The SMILES string of the molecule is COc1cnc(C(=O)Nc2cc(F)c(F)c([C@]34COC[C@H]3C[C@](F)(CF)C(N)=N4)c2)cn1. The molecule has 170 valence electrons. The van der Waals surface area contributed by atoms with E-state index in [9.17, 15) is 22.4 Å². The molecule has 1 fully saturated rings. The number of aliphatic imine (C=N–C) groups is 1. The van der Waals surface area contributed by atoms with Gasteiger partial charge in [-0.2, -0.15) is 0 Å². The molecule has 0 spiro atoms. The Hall–Kier alpha value is -3.28. The summed E-state index contributed by atoms with van der Waals surface area (Å²) in [6.45, 7) is -1.65. The third-order valence-corrected chi connectivity index (χ3v) is 5.70. The quantitative estimate of drug-likeness (QED) is 0.672. The predicted molar refractivity (Wildman–Crippen MR) is 105 cm³/mol.